The number of carbonyl (C=O) groups excluding carboxylic acids is 2. The summed E-state index contributed by atoms with van der Waals surface area (Å²) < 4.78 is 0. The largest absolute Gasteiger partial charge is 0.480 e. The van der Waals surface area contributed by atoms with Gasteiger partial charge >= 0.3 is 12.0 Å². The van der Waals surface area contributed by atoms with Crippen LogP contribution < -0.4 is 10.6 Å². The van der Waals surface area contributed by atoms with Crippen LogP contribution in [0.3, 0.4) is 0 Å². The van der Waals surface area contributed by atoms with Crippen molar-refractivity contribution in [3.8, 4) is 0 Å². The van der Waals surface area contributed by atoms with Crippen LogP contribution in [0.4, 0.5) is 10.6 Å². The fraction of sp³-hybridized carbons (Fsp3) is 0.667. The van der Waals surface area contributed by atoms with Crippen molar-refractivity contribution in [2.75, 3.05) is 38.0 Å². The number of carbonyl (C=O) groups is 3. The Kier molecular flexibility index (Phi) is 7.25. The molecule has 0 radical (unpaired) electrons. The molecule has 186 valence electrons. The molecule has 4 heterocycles. The number of fused-ring (bicyclic) bond motifs is 1. The predicted molar refractivity (Wildman–Crippen MR) is 125 cm³/mol. The van der Waals surface area contributed by atoms with Gasteiger partial charge in [-0.2, -0.15) is 0 Å². The standard InChI is InChI=1S/C24H35N5O5/c1-16(30)26-20(22(31)32)24(34)8-13-29(14-9-24)23(33)28-11-6-17(7-12-28)15-19-5-4-18-3-2-10-25-21(18)27-19/h4-5,17,20,34H,2-3,6-15H2,1H3,(H,25,27)(H,26,30)(H,31,32). The molecule has 0 spiro atoms. The van der Waals surface area contributed by atoms with Crippen LogP contribution in [-0.2, 0) is 22.4 Å². The predicted octanol–water partition coefficient (Wildman–Crippen LogP) is 1.23. The lowest BCUT2D eigenvalue weighted by Gasteiger charge is -2.43. The van der Waals surface area contributed by atoms with Gasteiger partial charge in [-0.3, -0.25) is 4.79 Å². The number of likely N-dealkylation sites (tertiary alicyclic amines) is 2. The molecule has 2 saturated heterocycles. The molecule has 2 fully saturated rings. The third kappa shape index (κ3) is 5.43. The van der Waals surface area contributed by atoms with Crippen LogP contribution in [0, 0.1) is 5.92 Å². The lowest BCUT2D eigenvalue weighted by atomic mass is 9.84. The lowest BCUT2D eigenvalue weighted by Crippen LogP contribution is -2.62. The quantitative estimate of drug-likeness (QED) is 0.505. The summed E-state index contributed by atoms with van der Waals surface area (Å²) in [5.41, 5.74) is 0.814. The van der Waals surface area contributed by atoms with Crippen molar-refractivity contribution >= 4 is 23.7 Å². The minimum Gasteiger partial charge on any atom is -0.480 e. The highest BCUT2D eigenvalue weighted by molar-refractivity contribution is 5.83. The van der Waals surface area contributed by atoms with Crippen LogP contribution in [0.5, 0.6) is 0 Å². The Balaban J connectivity index is 1.26. The highest BCUT2D eigenvalue weighted by atomic mass is 16.4. The summed E-state index contributed by atoms with van der Waals surface area (Å²) in [5, 5.41) is 26.0. The SMILES string of the molecule is CC(=O)NC(C(=O)O)C1(O)CCN(C(=O)N2CCC(Cc3ccc4c(n3)NCCC4)CC2)CC1. The van der Waals surface area contributed by atoms with Gasteiger partial charge in [-0.05, 0) is 62.5 Å². The van der Waals surface area contributed by atoms with Gasteiger partial charge in [0.25, 0.3) is 0 Å². The van der Waals surface area contributed by atoms with E-state index in [0.717, 1.165) is 50.2 Å². The van der Waals surface area contributed by atoms with Crippen molar-refractivity contribution in [3.05, 3.63) is 23.4 Å². The number of pyridine rings is 1. The highest BCUT2D eigenvalue weighted by Crippen LogP contribution is 2.29. The van der Waals surface area contributed by atoms with Gasteiger partial charge in [0.15, 0.2) is 6.04 Å². The molecule has 3 amide bonds. The maximum atomic E-state index is 13.0. The topological polar surface area (TPSA) is 135 Å². The number of aliphatic carboxylic acids is 1. The number of aryl methyl sites for hydroxylation is 1. The average Bonchev–Trinajstić information content (AvgIpc) is 2.83. The smallest absolute Gasteiger partial charge is 0.329 e. The Labute approximate surface area is 199 Å². The first kappa shape index (κ1) is 24.3. The molecule has 4 N–H and O–H groups in total. The van der Waals surface area contributed by atoms with Crippen molar-refractivity contribution in [2.45, 2.75) is 63.5 Å². The monoisotopic (exact) mass is 473 g/mol. The number of carboxylic acids is 1. The zero-order valence-corrected chi connectivity index (χ0v) is 19.8. The molecule has 0 aliphatic carbocycles. The number of urea groups is 1. The fourth-order valence-corrected chi connectivity index (χ4v) is 5.31. The van der Waals surface area contributed by atoms with Crippen LogP contribution in [0.2, 0.25) is 0 Å². The van der Waals surface area contributed by atoms with Crippen molar-refractivity contribution in [1.82, 2.24) is 20.1 Å². The number of nitrogens with one attached hydrogen (secondary N) is 2. The van der Waals surface area contributed by atoms with Gasteiger partial charge in [-0.25, -0.2) is 14.6 Å². The molecule has 1 unspecified atom stereocenters. The normalized spacial score (nSPS) is 21.2. The van der Waals surface area contributed by atoms with Crippen LogP contribution in [0.1, 0.15) is 50.3 Å². The number of carboxylic acid groups (broad SMARTS) is 1. The lowest BCUT2D eigenvalue weighted by molar-refractivity contribution is -0.152. The molecular weight excluding hydrogens is 438 g/mol. The van der Waals surface area contributed by atoms with E-state index >= 15 is 0 Å². The first-order valence-corrected chi connectivity index (χ1v) is 12.2. The maximum Gasteiger partial charge on any atom is 0.329 e. The molecule has 34 heavy (non-hydrogen) atoms. The van der Waals surface area contributed by atoms with Gasteiger partial charge in [0, 0.05) is 45.3 Å². The molecule has 1 atom stereocenters. The van der Waals surface area contributed by atoms with Gasteiger partial charge in [0.1, 0.15) is 5.82 Å². The molecule has 0 bridgehead atoms. The minimum absolute atomic E-state index is 0.0667. The number of hydrogen-bond acceptors (Lipinski definition) is 6. The van der Waals surface area contributed by atoms with Gasteiger partial charge in [-0.1, -0.05) is 6.07 Å². The second kappa shape index (κ2) is 10.2. The number of aromatic nitrogens is 1. The van der Waals surface area contributed by atoms with Crippen molar-refractivity contribution in [1.29, 1.82) is 0 Å². The number of nitrogens with zero attached hydrogens (tertiary/aromatic N) is 3. The molecule has 3 aliphatic heterocycles. The number of hydrogen-bond donors (Lipinski definition) is 4. The third-order valence-corrected chi connectivity index (χ3v) is 7.37. The summed E-state index contributed by atoms with van der Waals surface area (Å²) in [4.78, 5) is 44.3. The van der Waals surface area contributed by atoms with E-state index in [1.807, 2.05) is 4.90 Å². The van der Waals surface area contributed by atoms with Crippen molar-refractivity contribution in [3.63, 3.8) is 0 Å². The van der Waals surface area contributed by atoms with Crippen LogP contribution in [0.15, 0.2) is 12.1 Å². The van der Waals surface area contributed by atoms with Crippen LogP contribution in [-0.4, -0.2) is 87.3 Å². The summed E-state index contributed by atoms with van der Waals surface area (Å²) in [7, 11) is 0. The molecule has 1 aromatic heterocycles. The average molecular weight is 474 g/mol. The van der Waals surface area contributed by atoms with Crippen molar-refractivity contribution < 1.29 is 24.6 Å². The molecular formula is C24H35N5O5. The Hall–Kier alpha value is -2.88. The highest BCUT2D eigenvalue weighted by Gasteiger charge is 2.45. The van der Waals surface area contributed by atoms with Gasteiger partial charge in [-0.15, -0.1) is 0 Å². The van der Waals surface area contributed by atoms with E-state index in [4.69, 9.17) is 4.98 Å². The summed E-state index contributed by atoms with van der Waals surface area (Å²) >= 11 is 0. The Morgan fingerprint density at radius 3 is 2.50 bits per heavy atom. The molecule has 10 nitrogen and oxygen atoms in total. The third-order valence-electron chi connectivity index (χ3n) is 7.37. The van der Waals surface area contributed by atoms with E-state index in [9.17, 15) is 24.6 Å². The maximum absolute atomic E-state index is 13.0. The molecule has 0 saturated carbocycles. The Bertz CT molecular complexity index is 922. The summed E-state index contributed by atoms with van der Waals surface area (Å²) in [5.74, 6) is -0.281. The van der Waals surface area contributed by atoms with Crippen LogP contribution in [0.25, 0.3) is 0 Å². The number of anilines is 1. The summed E-state index contributed by atoms with van der Waals surface area (Å²) in [6.45, 7) is 4.06. The Morgan fingerprint density at radius 2 is 1.85 bits per heavy atom. The molecule has 4 rings (SSSR count). The molecule has 10 heteroatoms. The second-order valence-electron chi connectivity index (χ2n) is 9.82. The van der Waals surface area contributed by atoms with Gasteiger partial charge < -0.3 is 30.6 Å². The van der Waals surface area contributed by atoms with E-state index in [0.29, 0.717) is 19.0 Å². The zero-order chi connectivity index (χ0) is 24.3. The van der Waals surface area contributed by atoms with E-state index in [2.05, 4.69) is 22.8 Å². The van der Waals surface area contributed by atoms with E-state index in [1.165, 1.54) is 12.5 Å². The van der Waals surface area contributed by atoms with Gasteiger partial charge in [0.05, 0.1) is 5.60 Å². The fourth-order valence-electron chi connectivity index (χ4n) is 5.31. The summed E-state index contributed by atoms with van der Waals surface area (Å²) in [6, 6.07) is 2.86. The van der Waals surface area contributed by atoms with E-state index in [-0.39, 0.29) is 32.0 Å². The Morgan fingerprint density at radius 1 is 1.18 bits per heavy atom. The van der Waals surface area contributed by atoms with Gasteiger partial charge in [0.2, 0.25) is 5.91 Å². The zero-order valence-electron chi connectivity index (χ0n) is 19.8. The molecule has 3 aliphatic rings. The van der Waals surface area contributed by atoms with Crippen LogP contribution >= 0.6 is 0 Å². The second-order valence-corrected chi connectivity index (χ2v) is 9.82. The first-order valence-electron chi connectivity index (χ1n) is 12.2. The minimum atomic E-state index is -1.57. The summed E-state index contributed by atoms with van der Waals surface area (Å²) in [6.07, 6.45) is 5.17. The number of amides is 3. The molecule has 0 aromatic carbocycles. The van der Waals surface area contributed by atoms with E-state index in [1.54, 1.807) is 4.90 Å². The molecule has 1 aromatic rings. The number of aliphatic hydroxyl groups is 1. The van der Waals surface area contributed by atoms with E-state index < -0.39 is 23.5 Å². The number of piperidine rings is 2. The van der Waals surface area contributed by atoms with Crippen molar-refractivity contribution in [2.24, 2.45) is 5.92 Å². The number of rotatable bonds is 5. The first-order chi connectivity index (χ1) is 16.2.